The zero-order valence-corrected chi connectivity index (χ0v) is 9.80. The molecular formula is C13H17N3O. The van der Waals surface area contributed by atoms with Crippen LogP contribution in [0.25, 0.3) is 10.8 Å². The van der Waals surface area contributed by atoms with Crippen molar-refractivity contribution in [2.24, 2.45) is 5.73 Å². The van der Waals surface area contributed by atoms with Gasteiger partial charge in [-0.05, 0) is 25.5 Å². The molecule has 4 heteroatoms. The average molecular weight is 231 g/mol. The van der Waals surface area contributed by atoms with Gasteiger partial charge in [-0.1, -0.05) is 24.6 Å². The molecule has 2 rings (SSSR count). The zero-order valence-electron chi connectivity index (χ0n) is 9.80. The van der Waals surface area contributed by atoms with Gasteiger partial charge in [-0.2, -0.15) is 5.10 Å². The lowest BCUT2D eigenvalue weighted by Gasteiger charge is -2.05. The molecule has 2 aromatic rings. The van der Waals surface area contributed by atoms with Gasteiger partial charge in [0, 0.05) is 11.9 Å². The maximum Gasteiger partial charge on any atom is 0.274 e. The van der Waals surface area contributed by atoms with Gasteiger partial charge in [0.1, 0.15) is 0 Å². The first-order valence-electron chi connectivity index (χ1n) is 5.98. The lowest BCUT2D eigenvalue weighted by molar-refractivity contribution is 0.527. The van der Waals surface area contributed by atoms with Crippen LogP contribution in [0.15, 0.2) is 35.3 Å². The number of nitrogens with two attached hydrogens (primary N) is 1. The molecule has 0 amide bonds. The number of aromatic nitrogens is 2. The molecule has 0 spiro atoms. The van der Waals surface area contributed by atoms with E-state index in [2.05, 4.69) is 5.10 Å². The van der Waals surface area contributed by atoms with Crippen molar-refractivity contribution in [3.05, 3.63) is 40.8 Å². The minimum Gasteiger partial charge on any atom is -0.330 e. The minimum atomic E-state index is -0.00384. The van der Waals surface area contributed by atoms with Crippen molar-refractivity contribution in [2.75, 3.05) is 6.54 Å². The third kappa shape index (κ3) is 2.71. The van der Waals surface area contributed by atoms with Gasteiger partial charge < -0.3 is 5.73 Å². The number of benzene rings is 1. The van der Waals surface area contributed by atoms with E-state index in [1.807, 2.05) is 24.3 Å². The summed E-state index contributed by atoms with van der Waals surface area (Å²) in [5, 5.41) is 5.81. The minimum absolute atomic E-state index is 0.00384. The fourth-order valence-electron chi connectivity index (χ4n) is 1.87. The van der Waals surface area contributed by atoms with Gasteiger partial charge in [-0.3, -0.25) is 4.79 Å². The molecule has 0 saturated carbocycles. The van der Waals surface area contributed by atoms with Crippen molar-refractivity contribution < 1.29 is 0 Å². The van der Waals surface area contributed by atoms with Crippen molar-refractivity contribution in [3.8, 4) is 0 Å². The van der Waals surface area contributed by atoms with Gasteiger partial charge in [0.25, 0.3) is 5.56 Å². The Labute approximate surface area is 100 Å². The van der Waals surface area contributed by atoms with E-state index in [4.69, 9.17) is 5.73 Å². The molecule has 0 unspecified atom stereocenters. The highest BCUT2D eigenvalue weighted by atomic mass is 16.1. The number of rotatable bonds is 5. The molecule has 0 aliphatic rings. The highest BCUT2D eigenvalue weighted by molar-refractivity contribution is 5.80. The third-order valence-electron chi connectivity index (χ3n) is 2.84. The van der Waals surface area contributed by atoms with E-state index in [9.17, 15) is 4.79 Å². The molecule has 0 radical (unpaired) electrons. The Balaban J connectivity index is 2.18. The van der Waals surface area contributed by atoms with Crippen LogP contribution in [-0.2, 0) is 6.54 Å². The molecule has 0 fully saturated rings. The van der Waals surface area contributed by atoms with Gasteiger partial charge in [0.15, 0.2) is 0 Å². The quantitative estimate of drug-likeness (QED) is 0.794. The first-order chi connectivity index (χ1) is 8.33. The fourth-order valence-corrected chi connectivity index (χ4v) is 1.87. The predicted octanol–water partition coefficient (Wildman–Crippen LogP) is 1.53. The van der Waals surface area contributed by atoms with Crippen molar-refractivity contribution in [1.82, 2.24) is 9.78 Å². The summed E-state index contributed by atoms with van der Waals surface area (Å²) < 4.78 is 1.54. The summed E-state index contributed by atoms with van der Waals surface area (Å²) in [6, 6.07) is 7.54. The van der Waals surface area contributed by atoms with E-state index < -0.39 is 0 Å². The molecule has 0 atom stereocenters. The zero-order chi connectivity index (χ0) is 12.1. The molecule has 17 heavy (non-hydrogen) atoms. The van der Waals surface area contributed by atoms with Crippen molar-refractivity contribution in [2.45, 2.75) is 25.8 Å². The largest absolute Gasteiger partial charge is 0.330 e. The molecule has 90 valence electrons. The number of unbranched alkanes of at least 4 members (excludes halogenated alkanes) is 2. The highest BCUT2D eigenvalue weighted by Gasteiger charge is 2.02. The van der Waals surface area contributed by atoms with E-state index in [0.717, 1.165) is 30.0 Å². The van der Waals surface area contributed by atoms with Gasteiger partial charge in [0.05, 0.1) is 11.6 Å². The van der Waals surface area contributed by atoms with E-state index in [-0.39, 0.29) is 5.56 Å². The Morgan fingerprint density at radius 2 is 2.00 bits per heavy atom. The van der Waals surface area contributed by atoms with E-state index in [1.165, 1.54) is 0 Å². The van der Waals surface area contributed by atoms with Crippen LogP contribution >= 0.6 is 0 Å². The number of hydrogen-bond donors (Lipinski definition) is 1. The number of hydrogen-bond acceptors (Lipinski definition) is 3. The van der Waals surface area contributed by atoms with Crippen LogP contribution in [0.4, 0.5) is 0 Å². The standard InChI is InChI=1S/C13H17N3O/c14-8-4-1-5-9-16-13(17)12-7-3-2-6-11(12)10-15-16/h2-3,6-7,10H,1,4-5,8-9,14H2. The van der Waals surface area contributed by atoms with Crippen LogP contribution < -0.4 is 11.3 Å². The average Bonchev–Trinajstić information content (AvgIpc) is 2.37. The summed E-state index contributed by atoms with van der Waals surface area (Å²) in [5.41, 5.74) is 5.42. The lowest BCUT2D eigenvalue weighted by Crippen LogP contribution is -2.22. The van der Waals surface area contributed by atoms with Crippen molar-refractivity contribution >= 4 is 10.8 Å². The molecule has 0 aliphatic carbocycles. The maximum atomic E-state index is 12.1. The number of nitrogens with zero attached hydrogens (tertiary/aromatic N) is 2. The van der Waals surface area contributed by atoms with E-state index in [0.29, 0.717) is 13.1 Å². The normalized spacial score (nSPS) is 10.9. The van der Waals surface area contributed by atoms with Crippen LogP contribution in [0, 0.1) is 0 Å². The van der Waals surface area contributed by atoms with Crippen molar-refractivity contribution in [1.29, 1.82) is 0 Å². The van der Waals surface area contributed by atoms with E-state index >= 15 is 0 Å². The number of aryl methyl sites for hydroxylation is 1. The summed E-state index contributed by atoms with van der Waals surface area (Å²) in [4.78, 5) is 12.1. The van der Waals surface area contributed by atoms with Gasteiger partial charge >= 0.3 is 0 Å². The summed E-state index contributed by atoms with van der Waals surface area (Å²) in [6.07, 6.45) is 4.74. The second kappa shape index (κ2) is 5.59. The third-order valence-corrected chi connectivity index (χ3v) is 2.84. The summed E-state index contributed by atoms with van der Waals surface area (Å²) in [5.74, 6) is 0. The van der Waals surface area contributed by atoms with E-state index in [1.54, 1.807) is 10.9 Å². The van der Waals surface area contributed by atoms with Crippen molar-refractivity contribution in [3.63, 3.8) is 0 Å². The molecule has 0 saturated heterocycles. The molecule has 0 aliphatic heterocycles. The fraction of sp³-hybridized carbons (Fsp3) is 0.385. The smallest absolute Gasteiger partial charge is 0.274 e. The second-order valence-electron chi connectivity index (χ2n) is 4.11. The highest BCUT2D eigenvalue weighted by Crippen LogP contribution is 2.06. The predicted molar refractivity (Wildman–Crippen MR) is 68.9 cm³/mol. The lowest BCUT2D eigenvalue weighted by atomic mass is 10.2. The van der Waals surface area contributed by atoms with Crippen LogP contribution in [-0.4, -0.2) is 16.3 Å². The Morgan fingerprint density at radius 1 is 1.18 bits per heavy atom. The molecular weight excluding hydrogens is 214 g/mol. The molecule has 2 N–H and O–H groups in total. The monoisotopic (exact) mass is 231 g/mol. The Bertz CT molecular complexity index is 548. The SMILES string of the molecule is NCCCCCn1ncc2ccccc2c1=O. The van der Waals surface area contributed by atoms with Crippen LogP contribution in [0.2, 0.25) is 0 Å². The van der Waals surface area contributed by atoms with Crippen LogP contribution in [0.5, 0.6) is 0 Å². The summed E-state index contributed by atoms with van der Waals surface area (Å²) in [6.45, 7) is 1.38. The molecule has 1 aromatic carbocycles. The topological polar surface area (TPSA) is 60.9 Å². The molecule has 1 heterocycles. The van der Waals surface area contributed by atoms with Gasteiger partial charge in [0.2, 0.25) is 0 Å². The molecule has 0 bridgehead atoms. The summed E-state index contributed by atoms with van der Waals surface area (Å²) in [7, 11) is 0. The molecule has 1 aromatic heterocycles. The number of fused-ring (bicyclic) bond motifs is 1. The summed E-state index contributed by atoms with van der Waals surface area (Å²) >= 11 is 0. The van der Waals surface area contributed by atoms with Gasteiger partial charge in [-0.25, -0.2) is 4.68 Å². The van der Waals surface area contributed by atoms with Gasteiger partial charge in [-0.15, -0.1) is 0 Å². The van der Waals surface area contributed by atoms with Crippen LogP contribution in [0.1, 0.15) is 19.3 Å². The maximum absolute atomic E-state index is 12.1. The molecule has 4 nitrogen and oxygen atoms in total. The second-order valence-corrected chi connectivity index (χ2v) is 4.11. The first kappa shape index (κ1) is 11.8. The van der Waals surface area contributed by atoms with Crippen LogP contribution in [0.3, 0.4) is 0 Å². The Morgan fingerprint density at radius 3 is 2.82 bits per heavy atom. The Kier molecular flexibility index (Phi) is 3.88. The first-order valence-corrected chi connectivity index (χ1v) is 5.98. The Hall–Kier alpha value is -1.68.